The molecule has 1 aliphatic heterocycles. The van der Waals surface area contributed by atoms with Crippen molar-refractivity contribution >= 4 is 52.8 Å². The largest absolute Gasteiger partial charge is 0.370 e. The molecule has 3 aromatic carbocycles. The molecule has 0 radical (unpaired) electrons. The zero-order valence-electron chi connectivity index (χ0n) is 20.8. The van der Waals surface area contributed by atoms with Gasteiger partial charge in [-0.2, -0.15) is 4.99 Å². The number of fused-ring (bicyclic) bond motifs is 2. The fraction of sp³-hybridized carbons (Fsp3) is 0.200. The molecule has 0 saturated carbocycles. The van der Waals surface area contributed by atoms with Crippen molar-refractivity contribution in [1.29, 1.82) is 0 Å². The molecule has 0 spiro atoms. The first-order chi connectivity index (χ1) is 17.8. The second-order valence-electron chi connectivity index (χ2n) is 9.10. The van der Waals surface area contributed by atoms with Gasteiger partial charge in [0.25, 0.3) is 5.91 Å². The van der Waals surface area contributed by atoms with E-state index in [2.05, 4.69) is 77.6 Å². The van der Waals surface area contributed by atoms with Crippen LogP contribution in [0.25, 0.3) is 17.7 Å². The minimum atomic E-state index is -0.481. The fourth-order valence-electron chi connectivity index (χ4n) is 4.62. The Kier molecular flexibility index (Phi) is 8.82. The van der Waals surface area contributed by atoms with Crippen LogP contribution in [-0.4, -0.2) is 36.9 Å². The van der Waals surface area contributed by atoms with Gasteiger partial charge in [-0.3, -0.25) is 4.79 Å². The molecule has 190 valence electrons. The predicted molar refractivity (Wildman–Crippen MR) is 156 cm³/mol. The van der Waals surface area contributed by atoms with E-state index in [1.165, 1.54) is 40.7 Å². The Bertz CT molecular complexity index is 1310. The van der Waals surface area contributed by atoms with Crippen molar-refractivity contribution in [3.8, 4) is 0 Å². The molecule has 4 N–H and O–H groups in total. The molecule has 3 aromatic rings. The molecule has 2 aliphatic rings. The van der Waals surface area contributed by atoms with Gasteiger partial charge < -0.3 is 16.4 Å². The predicted octanol–water partition coefficient (Wildman–Crippen LogP) is 6.03. The Morgan fingerprint density at radius 1 is 0.838 bits per heavy atom. The van der Waals surface area contributed by atoms with Gasteiger partial charge in [0.15, 0.2) is 5.96 Å². The lowest BCUT2D eigenvalue weighted by Gasteiger charge is -2.27. The molecule has 5 rings (SSSR count). The summed E-state index contributed by atoms with van der Waals surface area (Å²) in [5.41, 5.74) is 19.2. The Balaban J connectivity index is 0.000000188. The van der Waals surface area contributed by atoms with Gasteiger partial charge in [0.2, 0.25) is 0 Å². The fourth-order valence-corrected chi connectivity index (χ4v) is 5.15. The summed E-state index contributed by atoms with van der Waals surface area (Å²) in [6, 6.07) is 22.6. The Hall–Kier alpha value is -3.38. The third kappa shape index (κ3) is 6.69. The zero-order valence-corrected chi connectivity index (χ0v) is 22.3. The van der Waals surface area contributed by atoms with Crippen LogP contribution in [0.4, 0.5) is 0 Å². The number of benzene rings is 3. The molecule has 5 nitrogen and oxygen atoms in total. The zero-order chi connectivity index (χ0) is 26.4. The molecule has 0 aromatic heterocycles. The highest BCUT2D eigenvalue weighted by Crippen LogP contribution is 2.38. The summed E-state index contributed by atoms with van der Waals surface area (Å²) >= 11 is 11.7. The van der Waals surface area contributed by atoms with Crippen LogP contribution in [0.2, 0.25) is 10.0 Å². The van der Waals surface area contributed by atoms with E-state index < -0.39 is 5.91 Å². The van der Waals surface area contributed by atoms with Crippen LogP contribution in [-0.2, 0) is 11.2 Å². The van der Waals surface area contributed by atoms with Crippen LogP contribution in [0.15, 0.2) is 77.3 Å². The number of hydrogen-bond acceptors (Lipinski definition) is 2. The van der Waals surface area contributed by atoms with Gasteiger partial charge in [0.1, 0.15) is 0 Å². The molecule has 0 bridgehead atoms. The van der Waals surface area contributed by atoms with Gasteiger partial charge in [0, 0.05) is 23.1 Å². The second kappa shape index (κ2) is 12.2. The number of amides is 1. The first-order valence-electron chi connectivity index (χ1n) is 12.2. The van der Waals surface area contributed by atoms with E-state index in [0.717, 1.165) is 13.1 Å². The van der Waals surface area contributed by atoms with Crippen LogP contribution in [0.5, 0.6) is 0 Å². The van der Waals surface area contributed by atoms with E-state index in [4.69, 9.17) is 34.7 Å². The molecule has 1 amide bonds. The van der Waals surface area contributed by atoms with Crippen molar-refractivity contribution in [2.45, 2.75) is 19.3 Å². The van der Waals surface area contributed by atoms with Crippen molar-refractivity contribution in [3.05, 3.63) is 110 Å². The lowest BCUT2D eigenvalue weighted by atomic mass is 9.86. The van der Waals surface area contributed by atoms with Gasteiger partial charge in [-0.15, -0.1) is 0 Å². The quantitative estimate of drug-likeness (QED) is 0.243. The first-order valence-corrected chi connectivity index (χ1v) is 12.9. The SMILES string of the molecule is CN1CCC(=C2c3ccccc3C=Cc3ccccc32)CC1.NC(N)=NC(=O)Cc1c(Cl)cccc1Cl. The van der Waals surface area contributed by atoms with Crippen molar-refractivity contribution < 1.29 is 4.79 Å². The number of rotatable bonds is 2. The highest BCUT2D eigenvalue weighted by Gasteiger charge is 2.21. The Labute approximate surface area is 228 Å². The summed E-state index contributed by atoms with van der Waals surface area (Å²) in [7, 11) is 2.22. The number of carbonyl (C=O) groups is 1. The molecule has 1 saturated heterocycles. The van der Waals surface area contributed by atoms with E-state index in [0.29, 0.717) is 15.6 Å². The lowest BCUT2D eigenvalue weighted by Crippen LogP contribution is -2.27. The number of nitrogens with two attached hydrogens (primary N) is 2. The van der Waals surface area contributed by atoms with Crippen molar-refractivity contribution in [2.24, 2.45) is 16.5 Å². The third-order valence-corrected chi connectivity index (χ3v) is 7.20. The number of halogens is 2. The highest BCUT2D eigenvalue weighted by molar-refractivity contribution is 6.36. The molecule has 1 fully saturated rings. The van der Waals surface area contributed by atoms with Gasteiger partial charge >= 0.3 is 0 Å². The summed E-state index contributed by atoms with van der Waals surface area (Å²) in [6.45, 7) is 2.33. The normalized spacial score (nSPS) is 14.6. The van der Waals surface area contributed by atoms with Crippen LogP contribution < -0.4 is 11.5 Å². The summed E-state index contributed by atoms with van der Waals surface area (Å²) in [5, 5.41) is 0.836. The monoisotopic (exact) mass is 532 g/mol. The summed E-state index contributed by atoms with van der Waals surface area (Å²) in [6.07, 6.45) is 6.85. The third-order valence-electron chi connectivity index (χ3n) is 6.49. The number of carbonyl (C=O) groups excluding carboxylic acids is 1. The maximum absolute atomic E-state index is 11.3. The van der Waals surface area contributed by atoms with E-state index in [1.54, 1.807) is 23.8 Å². The number of aliphatic imine (C=N–C) groups is 1. The van der Waals surface area contributed by atoms with E-state index in [1.807, 2.05) is 0 Å². The molecular weight excluding hydrogens is 503 g/mol. The van der Waals surface area contributed by atoms with Gasteiger partial charge in [0.05, 0.1) is 6.42 Å². The van der Waals surface area contributed by atoms with Crippen molar-refractivity contribution in [1.82, 2.24) is 4.90 Å². The number of guanidine groups is 1. The number of likely N-dealkylation sites (tertiary alicyclic amines) is 1. The van der Waals surface area contributed by atoms with Crippen LogP contribution in [0, 0.1) is 0 Å². The van der Waals surface area contributed by atoms with Crippen molar-refractivity contribution in [2.75, 3.05) is 20.1 Å². The van der Waals surface area contributed by atoms with Gasteiger partial charge in [-0.25, -0.2) is 0 Å². The molecule has 0 atom stereocenters. The summed E-state index contributed by atoms with van der Waals surface area (Å²) < 4.78 is 0. The standard InChI is InChI=1S/C21H21N.C9H9Cl2N3O/c1-22-14-12-18(13-15-22)21-19-8-4-2-6-16(19)10-11-17-7-3-5-9-20(17)21;10-6-2-1-3-7(11)5(6)4-8(15)14-9(12)13/h2-11H,12-15H2,1H3;1-3H,4H2,(H4,12,13,14,15). The van der Waals surface area contributed by atoms with E-state index in [-0.39, 0.29) is 12.4 Å². The van der Waals surface area contributed by atoms with E-state index >= 15 is 0 Å². The maximum atomic E-state index is 11.3. The van der Waals surface area contributed by atoms with Crippen molar-refractivity contribution in [3.63, 3.8) is 0 Å². The lowest BCUT2D eigenvalue weighted by molar-refractivity contribution is -0.117. The average Bonchev–Trinajstić information content (AvgIpc) is 3.04. The molecule has 1 heterocycles. The minimum absolute atomic E-state index is 0.0175. The Morgan fingerprint density at radius 3 is 1.86 bits per heavy atom. The first kappa shape index (κ1) is 26.7. The highest BCUT2D eigenvalue weighted by atomic mass is 35.5. The second-order valence-corrected chi connectivity index (χ2v) is 9.91. The minimum Gasteiger partial charge on any atom is -0.370 e. The number of piperidine rings is 1. The van der Waals surface area contributed by atoms with Crippen LogP contribution in [0.1, 0.15) is 40.7 Å². The maximum Gasteiger partial charge on any atom is 0.253 e. The number of nitrogens with zero attached hydrogens (tertiary/aromatic N) is 2. The van der Waals surface area contributed by atoms with Gasteiger partial charge in [-0.05, 0) is 65.4 Å². The smallest absolute Gasteiger partial charge is 0.253 e. The van der Waals surface area contributed by atoms with Gasteiger partial charge in [-0.1, -0.05) is 95.5 Å². The Morgan fingerprint density at radius 2 is 1.35 bits per heavy atom. The summed E-state index contributed by atoms with van der Waals surface area (Å²) in [5.74, 6) is -0.756. The molecule has 1 aliphatic carbocycles. The molecular formula is C30H30Cl2N4O. The molecule has 0 unspecified atom stereocenters. The topological polar surface area (TPSA) is 84.7 Å². The molecule has 7 heteroatoms. The number of hydrogen-bond donors (Lipinski definition) is 2. The summed E-state index contributed by atoms with van der Waals surface area (Å²) in [4.78, 5) is 17.1. The average molecular weight is 534 g/mol. The molecule has 37 heavy (non-hydrogen) atoms. The van der Waals surface area contributed by atoms with Crippen LogP contribution in [0.3, 0.4) is 0 Å². The van der Waals surface area contributed by atoms with E-state index in [9.17, 15) is 4.79 Å². The van der Waals surface area contributed by atoms with Crippen LogP contribution >= 0.6 is 23.2 Å².